The van der Waals surface area contributed by atoms with Gasteiger partial charge in [0, 0.05) is 0 Å². The molecule has 0 bridgehead atoms. The Balaban J connectivity index is 1.74. The quantitative estimate of drug-likeness (QED) is 0.627. The zero-order valence-electron chi connectivity index (χ0n) is 15.7. The first kappa shape index (κ1) is 19.7. The number of H-pyrrole nitrogens is 1. The summed E-state index contributed by atoms with van der Waals surface area (Å²) >= 11 is 0. The minimum absolute atomic E-state index is 0.0743. The number of halogens is 1. The Hall–Kier alpha value is -3.06. The molecule has 7 heteroatoms. The number of anilines is 1. The molecule has 0 aliphatic heterocycles. The number of aromatic nitrogens is 2. The number of carbonyl (C=O) groups excluding carboxylic acids is 1. The number of fused-ring (bicyclic) bond motifs is 1. The summed E-state index contributed by atoms with van der Waals surface area (Å²) in [6.07, 6.45) is 1.86. The van der Waals surface area contributed by atoms with Gasteiger partial charge in [0.25, 0.3) is 5.56 Å². The molecule has 0 saturated heterocycles. The topological polar surface area (TPSA) is 78.1 Å². The highest BCUT2D eigenvalue weighted by Crippen LogP contribution is 2.13. The molecule has 1 heterocycles. The molecule has 0 fully saturated rings. The van der Waals surface area contributed by atoms with Crippen molar-refractivity contribution in [2.45, 2.75) is 26.3 Å². The third-order valence-corrected chi connectivity index (χ3v) is 4.38. The Morgan fingerprint density at radius 2 is 1.93 bits per heavy atom. The first-order valence-corrected chi connectivity index (χ1v) is 9.31. The van der Waals surface area contributed by atoms with Crippen LogP contribution in [0.25, 0.3) is 10.9 Å². The summed E-state index contributed by atoms with van der Waals surface area (Å²) in [5, 5.41) is 3.13. The number of amides is 1. The first-order chi connectivity index (χ1) is 13.6. The molecule has 0 atom stereocenters. The van der Waals surface area contributed by atoms with Crippen molar-refractivity contribution in [3.8, 4) is 0 Å². The molecule has 0 aliphatic rings. The zero-order chi connectivity index (χ0) is 19.9. The molecule has 3 aromatic rings. The number of carbonyl (C=O) groups is 1. The van der Waals surface area contributed by atoms with Crippen molar-refractivity contribution in [1.29, 1.82) is 0 Å². The second-order valence-electron chi connectivity index (χ2n) is 6.62. The van der Waals surface area contributed by atoms with E-state index in [1.165, 1.54) is 12.1 Å². The summed E-state index contributed by atoms with van der Waals surface area (Å²) in [4.78, 5) is 33.8. The molecule has 0 saturated carbocycles. The summed E-state index contributed by atoms with van der Waals surface area (Å²) < 4.78 is 13.8. The van der Waals surface area contributed by atoms with E-state index in [9.17, 15) is 14.0 Å². The Labute approximate surface area is 162 Å². The number of unbranched alkanes of at least 4 members (excludes halogenated alkanes) is 1. The van der Waals surface area contributed by atoms with Gasteiger partial charge in [0.05, 0.1) is 29.7 Å². The average molecular weight is 382 g/mol. The van der Waals surface area contributed by atoms with Crippen molar-refractivity contribution in [2.24, 2.45) is 0 Å². The smallest absolute Gasteiger partial charge is 0.258 e. The van der Waals surface area contributed by atoms with Gasteiger partial charge in [0.15, 0.2) is 0 Å². The highest BCUT2D eigenvalue weighted by Gasteiger charge is 2.14. The molecule has 2 aromatic carbocycles. The largest absolute Gasteiger partial charge is 0.322 e. The van der Waals surface area contributed by atoms with Crippen LogP contribution in [0.5, 0.6) is 0 Å². The molecule has 0 unspecified atom stereocenters. The number of nitrogens with zero attached hydrogens (tertiary/aromatic N) is 2. The second kappa shape index (κ2) is 9.23. The highest BCUT2D eigenvalue weighted by molar-refractivity contribution is 5.92. The Morgan fingerprint density at radius 1 is 1.18 bits per heavy atom. The van der Waals surface area contributed by atoms with Gasteiger partial charge in [-0.15, -0.1) is 0 Å². The summed E-state index contributed by atoms with van der Waals surface area (Å²) in [7, 11) is 0. The first-order valence-electron chi connectivity index (χ1n) is 9.31. The minimum Gasteiger partial charge on any atom is -0.322 e. The van der Waals surface area contributed by atoms with Crippen molar-refractivity contribution in [3.63, 3.8) is 0 Å². The number of benzene rings is 2. The summed E-state index contributed by atoms with van der Waals surface area (Å²) in [6.45, 7) is 3.13. The molecule has 0 aliphatic carbocycles. The van der Waals surface area contributed by atoms with Crippen LogP contribution in [-0.2, 0) is 11.3 Å². The van der Waals surface area contributed by atoms with Crippen molar-refractivity contribution in [2.75, 3.05) is 18.4 Å². The lowest BCUT2D eigenvalue weighted by molar-refractivity contribution is -0.117. The molecule has 0 spiro atoms. The number of nitrogens with one attached hydrogen (secondary N) is 2. The van der Waals surface area contributed by atoms with Crippen LogP contribution in [0.4, 0.5) is 10.1 Å². The van der Waals surface area contributed by atoms with Crippen LogP contribution in [0.3, 0.4) is 0 Å². The van der Waals surface area contributed by atoms with E-state index >= 15 is 0 Å². The van der Waals surface area contributed by atoms with E-state index < -0.39 is 5.82 Å². The van der Waals surface area contributed by atoms with Crippen molar-refractivity contribution in [3.05, 3.63) is 70.5 Å². The van der Waals surface area contributed by atoms with Crippen LogP contribution in [0, 0.1) is 5.82 Å². The van der Waals surface area contributed by atoms with Gasteiger partial charge < -0.3 is 10.3 Å². The molecule has 1 amide bonds. The average Bonchev–Trinajstić information content (AvgIpc) is 2.68. The SMILES string of the molecule is CCCCN(CC(=O)Nc1ccccc1F)Cc1nc2ccccc2c(=O)[nH]1. The zero-order valence-corrected chi connectivity index (χ0v) is 15.7. The summed E-state index contributed by atoms with van der Waals surface area (Å²) in [5.74, 6) is -0.292. The van der Waals surface area contributed by atoms with E-state index in [2.05, 4.69) is 22.2 Å². The third kappa shape index (κ3) is 5.01. The predicted octanol–water partition coefficient (Wildman–Crippen LogP) is 3.30. The molecular formula is C21H23FN4O2. The van der Waals surface area contributed by atoms with E-state index in [4.69, 9.17) is 0 Å². The van der Waals surface area contributed by atoms with Crippen molar-refractivity contribution in [1.82, 2.24) is 14.9 Å². The number of aromatic amines is 1. The van der Waals surface area contributed by atoms with Crippen molar-refractivity contribution >= 4 is 22.5 Å². The Bertz CT molecular complexity index is 1020. The lowest BCUT2D eigenvalue weighted by Crippen LogP contribution is -2.34. The Morgan fingerprint density at radius 3 is 2.71 bits per heavy atom. The molecular weight excluding hydrogens is 359 g/mol. The van der Waals surface area contributed by atoms with Gasteiger partial charge in [-0.1, -0.05) is 37.6 Å². The highest BCUT2D eigenvalue weighted by atomic mass is 19.1. The van der Waals surface area contributed by atoms with E-state index in [0.717, 1.165) is 12.8 Å². The fourth-order valence-corrected chi connectivity index (χ4v) is 2.97. The number of para-hydroxylation sites is 2. The van der Waals surface area contributed by atoms with Crippen LogP contribution in [-0.4, -0.2) is 33.9 Å². The van der Waals surface area contributed by atoms with Gasteiger partial charge >= 0.3 is 0 Å². The molecule has 2 N–H and O–H groups in total. The molecule has 28 heavy (non-hydrogen) atoms. The lowest BCUT2D eigenvalue weighted by atomic mass is 10.2. The monoisotopic (exact) mass is 382 g/mol. The molecule has 3 rings (SSSR count). The van der Waals surface area contributed by atoms with Crippen LogP contribution >= 0.6 is 0 Å². The van der Waals surface area contributed by atoms with E-state index in [0.29, 0.717) is 29.8 Å². The van der Waals surface area contributed by atoms with Crippen molar-refractivity contribution < 1.29 is 9.18 Å². The molecule has 6 nitrogen and oxygen atoms in total. The number of hydrogen-bond donors (Lipinski definition) is 2. The van der Waals surface area contributed by atoms with E-state index in [1.54, 1.807) is 30.3 Å². The standard InChI is InChI=1S/C21H23FN4O2/c1-2-3-12-26(14-20(27)24-18-11-7-5-9-16(18)22)13-19-23-17-10-6-4-8-15(17)21(28)25-19/h4-11H,2-3,12-14H2,1H3,(H,24,27)(H,23,25,28). The van der Waals surface area contributed by atoms with Crippen LogP contribution < -0.4 is 10.9 Å². The number of rotatable bonds is 8. The van der Waals surface area contributed by atoms with Gasteiger partial charge in [-0.25, -0.2) is 9.37 Å². The minimum atomic E-state index is -0.475. The molecule has 146 valence electrons. The van der Waals surface area contributed by atoms with Crippen LogP contribution in [0.1, 0.15) is 25.6 Å². The maximum Gasteiger partial charge on any atom is 0.258 e. The maximum absolute atomic E-state index is 13.8. The Kier molecular flexibility index (Phi) is 6.49. The van der Waals surface area contributed by atoms with Crippen LogP contribution in [0.15, 0.2) is 53.3 Å². The normalized spacial score (nSPS) is 11.1. The van der Waals surface area contributed by atoms with E-state index in [1.807, 2.05) is 11.0 Å². The van der Waals surface area contributed by atoms with Gasteiger partial charge in [-0.05, 0) is 37.2 Å². The maximum atomic E-state index is 13.8. The molecule has 1 aromatic heterocycles. The fourth-order valence-electron chi connectivity index (χ4n) is 2.97. The fraction of sp³-hybridized carbons (Fsp3) is 0.286. The third-order valence-electron chi connectivity index (χ3n) is 4.38. The number of hydrogen-bond acceptors (Lipinski definition) is 4. The summed E-state index contributed by atoms with van der Waals surface area (Å²) in [6, 6.07) is 13.2. The summed E-state index contributed by atoms with van der Waals surface area (Å²) in [5.41, 5.74) is 0.569. The van der Waals surface area contributed by atoms with Gasteiger partial charge in [0.1, 0.15) is 11.6 Å². The molecule has 0 radical (unpaired) electrons. The lowest BCUT2D eigenvalue weighted by Gasteiger charge is -2.21. The van der Waals surface area contributed by atoms with Gasteiger partial charge in [0.2, 0.25) is 5.91 Å². The van der Waals surface area contributed by atoms with E-state index in [-0.39, 0.29) is 23.7 Å². The van der Waals surface area contributed by atoms with Gasteiger partial charge in [-0.2, -0.15) is 0 Å². The predicted molar refractivity (Wildman–Crippen MR) is 108 cm³/mol. The van der Waals surface area contributed by atoms with Crippen LogP contribution in [0.2, 0.25) is 0 Å². The second-order valence-corrected chi connectivity index (χ2v) is 6.62. The van der Waals surface area contributed by atoms with Gasteiger partial charge in [-0.3, -0.25) is 14.5 Å².